The molecule has 0 aliphatic rings. The van der Waals surface area contributed by atoms with Gasteiger partial charge in [-0.15, -0.1) is 0 Å². The van der Waals surface area contributed by atoms with Gasteiger partial charge in [-0.05, 0) is 45.0 Å². The van der Waals surface area contributed by atoms with Crippen molar-refractivity contribution in [3.05, 3.63) is 47.1 Å². The average Bonchev–Trinajstić information content (AvgIpc) is 2.53. The molecule has 7 nitrogen and oxygen atoms in total. The number of carbonyl (C=O) groups is 1. The number of benzene rings is 1. The second-order valence-electron chi connectivity index (χ2n) is 6.54. The summed E-state index contributed by atoms with van der Waals surface area (Å²) in [5.41, 5.74) is -0.0858. The Morgan fingerprint density at radius 1 is 1.19 bits per heavy atom. The first-order valence-corrected chi connectivity index (χ1v) is 9.53. The molecule has 0 bridgehead atoms. The van der Waals surface area contributed by atoms with E-state index in [0.717, 1.165) is 0 Å². The first kappa shape index (κ1) is 20.2. The lowest BCUT2D eigenvalue weighted by Crippen LogP contribution is -2.40. The van der Waals surface area contributed by atoms with E-state index in [2.05, 4.69) is 15.0 Å². The summed E-state index contributed by atoms with van der Waals surface area (Å²) >= 11 is 6.03. The Morgan fingerprint density at radius 3 is 2.42 bits per heavy atom. The van der Waals surface area contributed by atoms with Crippen molar-refractivity contribution >= 4 is 33.2 Å². The molecule has 2 rings (SSSR count). The van der Waals surface area contributed by atoms with Gasteiger partial charge in [-0.2, -0.15) is 0 Å². The minimum absolute atomic E-state index is 0.0319. The molecule has 2 N–H and O–H groups in total. The first-order valence-electron chi connectivity index (χ1n) is 7.67. The molecular formula is C17H20ClN3O4S. The van der Waals surface area contributed by atoms with Crippen molar-refractivity contribution in [2.24, 2.45) is 0 Å². The first-order chi connectivity index (χ1) is 12.0. The van der Waals surface area contributed by atoms with E-state index in [-0.39, 0.29) is 15.5 Å². The molecule has 0 aliphatic carbocycles. The molecule has 0 atom stereocenters. The van der Waals surface area contributed by atoms with E-state index in [1.54, 1.807) is 32.9 Å². The number of nitrogens with zero attached hydrogens (tertiary/aromatic N) is 1. The molecule has 9 heteroatoms. The Balaban J connectivity index is 2.29. The van der Waals surface area contributed by atoms with Crippen LogP contribution < -0.4 is 14.8 Å². The largest absolute Gasteiger partial charge is 0.481 e. The molecule has 0 radical (unpaired) electrons. The molecule has 26 heavy (non-hydrogen) atoms. The van der Waals surface area contributed by atoms with Gasteiger partial charge in [-0.3, -0.25) is 4.79 Å². The molecule has 0 saturated carbocycles. The van der Waals surface area contributed by atoms with Gasteiger partial charge in [0.25, 0.3) is 5.91 Å². The average molecular weight is 398 g/mol. The van der Waals surface area contributed by atoms with Gasteiger partial charge in [0.15, 0.2) is 0 Å². The minimum Gasteiger partial charge on any atom is -0.481 e. The molecule has 1 aromatic carbocycles. The van der Waals surface area contributed by atoms with Crippen molar-refractivity contribution < 1.29 is 17.9 Å². The fraction of sp³-hybridized carbons (Fsp3) is 0.294. The highest BCUT2D eigenvalue weighted by Crippen LogP contribution is 2.24. The van der Waals surface area contributed by atoms with Crippen LogP contribution in [-0.4, -0.2) is 32.0 Å². The summed E-state index contributed by atoms with van der Waals surface area (Å²) in [6, 6.07) is 7.28. The maximum Gasteiger partial charge on any atom is 0.255 e. The summed E-state index contributed by atoms with van der Waals surface area (Å²) in [6.07, 6.45) is 1.44. The van der Waals surface area contributed by atoms with E-state index in [1.807, 2.05) is 0 Å². The van der Waals surface area contributed by atoms with E-state index in [1.165, 1.54) is 31.5 Å². The Hall–Kier alpha value is -2.16. The molecule has 1 amide bonds. The van der Waals surface area contributed by atoms with Gasteiger partial charge in [0.2, 0.25) is 15.9 Å². The van der Waals surface area contributed by atoms with Crippen molar-refractivity contribution in [3.63, 3.8) is 0 Å². The monoisotopic (exact) mass is 397 g/mol. The molecule has 2 aromatic rings. The molecule has 0 aliphatic heterocycles. The summed E-state index contributed by atoms with van der Waals surface area (Å²) in [4.78, 5) is 16.2. The fourth-order valence-electron chi connectivity index (χ4n) is 2.09. The number of pyridine rings is 1. The lowest BCUT2D eigenvalue weighted by Gasteiger charge is -2.21. The number of hydrogen-bond donors (Lipinski definition) is 2. The van der Waals surface area contributed by atoms with Crippen LogP contribution >= 0.6 is 11.6 Å². The number of hydrogen-bond acceptors (Lipinski definition) is 5. The molecule has 0 unspecified atom stereocenters. The van der Waals surface area contributed by atoms with Crippen LogP contribution in [-0.2, 0) is 10.0 Å². The van der Waals surface area contributed by atoms with E-state index in [9.17, 15) is 13.2 Å². The SMILES string of the molecule is COc1ccc(NC(=O)c2ccc(Cl)c(S(=O)(=O)NC(C)(C)C)c2)cn1. The number of rotatable bonds is 5. The normalized spacial score (nSPS) is 11.9. The molecular weight excluding hydrogens is 378 g/mol. The molecule has 0 saturated heterocycles. The number of aromatic nitrogens is 1. The van der Waals surface area contributed by atoms with E-state index < -0.39 is 21.5 Å². The lowest BCUT2D eigenvalue weighted by molar-refractivity contribution is 0.102. The zero-order valence-electron chi connectivity index (χ0n) is 14.8. The van der Waals surface area contributed by atoms with Crippen LogP contribution in [0.1, 0.15) is 31.1 Å². The Bertz CT molecular complexity index is 907. The van der Waals surface area contributed by atoms with Crippen molar-refractivity contribution in [1.29, 1.82) is 0 Å². The topological polar surface area (TPSA) is 97.4 Å². The second kappa shape index (κ2) is 7.61. The maximum atomic E-state index is 12.5. The number of carbonyl (C=O) groups excluding carboxylic acids is 1. The number of methoxy groups -OCH3 is 1. The Morgan fingerprint density at radius 2 is 1.88 bits per heavy atom. The Labute approximate surface area is 157 Å². The van der Waals surface area contributed by atoms with Crippen molar-refractivity contribution in [1.82, 2.24) is 9.71 Å². The van der Waals surface area contributed by atoms with Crippen LogP contribution in [0.2, 0.25) is 5.02 Å². The predicted octanol–water partition coefficient (Wildman–Crippen LogP) is 3.07. The van der Waals surface area contributed by atoms with Crippen LogP contribution in [0.5, 0.6) is 5.88 Å². The van der Waals surface area contributed by atoms with Gasteiger partial charge in [-0.25, -0.2) is 18.1 Å². The molecule has 1 aromatic heterocycles. The van der Waals surface area contributed by atoms with Gasteiger partial charge in [-0.1, -0.05) is 11.6 Å². The zero-order valence-corrected chi connectivity index (χ0v) is 16.4. The summed E-state index contributed by atoms with van der Waals surface area (Å²) in [7, 11) is -2.39. The molecule has 140 valence electrons. The van der Waals surface area contributed by atoms with Crippen LogP contribution in [0.15, 0.2) is 41.4 Å². The maximum absolute atomic E-state index is 12.5. The molecule has 0 fully saturated rings. The standard InChI is InChI=1S/C17H20ClN3O4S/c1-17(2,3)21-26(23,24)14-9-11(5-7-13(14)18)16(22)20-12-6-8-15(25-4)19-10-12/h5-10,21H,1-4H3,(H,20,22). The second-order valence-corrected chi connectivity index (χ2v) is 8.60. The molecule has 0 spiro atoms. The van der Waals surface area contributed by atoms with Crippen LogP contribution in [0.3, 0.4) is 0 Å². The summed E-state index contributed by atoms with van der Waals surface area (Å²) in [5.74, 6) is -0.0723. The van der Waals surface area contributed by atoms with Crippen LogP contribution in [0.25, 0.3) is 0 Å². The van der Waals surface area contributed by atoms with Crippen molar-refractivity contribution in [2.75, 3.05) is 12.4 Å². The predicted molar refractivity (Wildman–Crippen MR) is 100 cm³/mol. The van der Waals surface area contributed by atoms with Crippen LogP contribution in [0, 0.1) is 0 Å². The quantitative estimate of drug-likeness (QED) is 0.808. The van der Waals surface area contributed by atoms with Crippen LogP contribution in [0.4, 0.5) is 5.69 Å². The Kier molecular flexibility index (Phi) is 5.90. The van der Waals surface area contributed by atoms with E-state index >= 15 is 0 Å². The highest BCUT2D eigenvalue weighted by Gasteiger charge is 2.25. The summed E-state index contributed by atoms with van der Waals surface area (Å²) < 4.78 is 32.5. The van der Waals surface area contributed by atoms with Gasteiger partial charge < -0.3 is 10.1 Å². The van der Waals surface area contributed by atoms with Gasteiger partial charge in [0.1, 0.15) is 4.90 Å². The third-order valence-electron chi connectivity index (χ3n) is 3.13. The number of nitrogens with one attached hydrogen (secondary N) is 2. The number of sulfonamides is 1. The van der Waals surface area contributed by atoms with E-state index in [0.29, 0.717) is 11.6 Å². The van der Waals surface area contributed by atoms with Crippen molar-refractivity contribution in [3.8, 4) is 5.88 Å². The highest BCUT2D eigenvalue weighted by atomic mass is 35.5. The lowest BCUT2D eigenvalue weighted by atomic mass is 10.1. The number of ether oxygens (including phenoxy) is 1. The van der Waals surface area contributed by atoms with Gasteiger partial charge >= 0.3 is 0 Å². The van der Waals surface area contributed by atoms with Crippen molar-refractivity contribution in [2.45, 2.75) is 31.2 Å². The smallest absolute Gasteiger partial charge is 0.255 e. The fourth-order valence-corrected chi connectivity index (χ4v) is 4.03. The number of anilines is 1. The summed E-state index contributed by atoms with van der Waals surface area (Å²) in [6.45, 7) is 5.14. The third kappa shape index (κ3) is 5.17. The van der Waals surface area contributed by atoms with Gasteiger partial charge in [0, 0.05) is 17.2 Å². The van der Waals surface area contributed by atoms with Gasteiger partial charge in [0.05, 0.1) is 24.0 Å². The zero-order chi connectivity index (χ0) is 19.5. The number of halogens is 1. The van der Waals surface area contributed by atoms with E-state index in [4.69, 9.17) is 16.3 Å². The minimum atomic E-state index is -3.88. The summed E-state index contributed by atoms with van der Waals surface area (Å²) in [5, 5.41) is 2.67. The number of amides is 1. The highest BCUT2D eigenvalue weighted by molar-refractivity contribution is 7.89. The molecule has 1 heterocycles. The third-order valence-corrected chi connectivity index (χ3v) is 5.37.